The summed E-state index contributed by atoms with van der Waals surface area (Å²) in [6.07, 6.45) is 0. The maximum absolute atomic E-state index is 6.88. The lowest BCUT2D eigenvalue weighted by atomic mass is 10.2. The summed E-state index contributed by atoms with van der Waals surface area (Å²) in [6, 6.07) is 66.4. The third kappa shape index (κ3) is 3.75. The van der Waals surface area contributed by atoms with E-state index in [0.29, 0.717) is 0 Å². The zero-order chi connectivity index (χ0) is 30.6. The van der Waals surface area contributed by atoms with Crippen LogP contribution in [0.2, 0.25) is 0 Å². The van der Waals surface area contributed by atoms with E-state index in [-0.39, 0.29) is 0 Å². The minimum atomic E-state index is -2.85. The molecular formula is C42H30O2Si2. The Morgan fingerprint density at radius 3 is 0.913 bits per heavy atom. The number of para-hydroxylation sites is 2. The molecular weight excluding hydrogens is 593 g/mol. The lowest BCUT2D eigenvalue weighted by Crippen LogP contribution is -2.79. The normalized spacial score (nSPS) is 14.8. The Morgan fingerprint density at radius 2 is 0.565 bits per heavy atom. The van der Waals surface area contributed by atoms with E-state index in [0.717, 1.165) is 23.0 Å². The van der Waals surface area contributed by atoms with Crippen LogP contribution in [0, 0.1) is 0 Å². The summed E-state index contributed by atoms with van der Waals surface area (Å²) in [5.41, 5.74) is 0. The zero-order valence-corrected chi connectivity index (χ0v) is 27.1. The molecule has 0 amide bonds. The minimum Gasteiger partial charge on any atom is -0.457 e. The predicted octanol–water partition coefficient (Wildman–Crippen LogP) is 4.65. The lowest BCUT2D eigenvalue weighted by Gasteiger charge is -2.43. The highest BCUT2D eigenvalue weighted by atomic mass is 28.3. The highest BCUT2D eigenvalue weighted by Crippen LogP contribution is 2.36. The van der Waals surface area contributed by atoms with E-state index in [2.05, 4.69) is 182 Å². The molecule has 0 saturated carbocycles. The summed E-state index contributed by atoms with van der Waals surface area (Å²) < 4.78 is 13.8. The van der Waals surface area contributed by atoms with Gasteiger partial charge in [-0.25, -0.2) is 0 Å². The second kappa shape index (κ2) is 10.6. The molecule has 9 rings (SSSR count). The molecule has 0 bridgehead atoms. The Bertz CT molecular complexity index is 1970. The van der Waals surface area contributed by atoms with E-state index in [1.54, 1.807) is 0 Å². The summed E-state index contributed by atoms with van der Waals surface area (Å²) in [7, 11) is -5.70. The van der Waals surface area contributed by atoms with Crippen molar-refractivity contribution < 1.29 is 9.47 Å². The second-order valence-electron chi connectivity index (χ2n) is 12.0. The highest BCUT2D eigenvalue weighted by Gasteiger charge is 2.52. The van der Waals surface area contributed by atoms with Gasteiger partial charge in [0.2, 0.25) is 0 Å². The van der Waals surface area contributed by atoms with Crippen LogP contribution < -0.4 is 51.0 Å². The fourth-order valence-corrected chi connectivity index (χ4v) is 18.0. The van der Waals surface area contributed by atoms with Gasteiger partial charge in [0, 0.05) is 6.07 Å². The summed E-state index contributed by atoms with van der Waals surface area (Å²) in [4.78, 5) is 0. The molecule has 2 heterocycles. The van der Waals surface area contributed by atoms with Crippen molar-refractivity contribution >= 4 is 57.6 Å². The van der Waals surface area contributed by atoms with Gasteiger partial charge in [-0.15, -0.1) is 0 Å². The first-order chi connectivity index (χ1) is 22.8. The van der Waals surface area contributed by atoms with Gasteiger partial charge in [-0.05, 0) is 53.6 Å². The summed E-state index contributed by atoms with van der Waals surface area (Å²) >= 11 is 0. The van der Waals surface area contributed by atoms with Gasteiger partial charge in [0.15, 0.2) is 16.1 Å². The van der Waals surface area contributed by atoms with Crippen LogP contribution in [0.1, 0.15) is 0 Å². The molecule has 0 unspecified atom stereocenters. The molecule has 218 valence electrons. The molecule has 0 N–H and O–H groups in total. The van der Waals surface area contributed by atoms with E-state index in [1.807, 2.05) is 0 Å². The zero-order valence-electron chi connectivity index (χ0n) is 25.1. The van der Waals surface area contributed by atoms with Gasteiger partial charge < -0.3 is 9.47 Å². The molecule has 7 aromatic carbocycles. The largest absolute Gasteiger partial charge is 0.457 e. The molecule has 7 aromatic rings. The fraction of sp³-hybridized carbons (Fsp3) is 0. The van der Waals surface area contributed by atoms with E-state index in [4.69, 9.17) is 9.47 Å². The number of rotatable bonds is 4. The van der Waals surface area contributed by atoms with Crippen molar-refractivity contribution in [3.8, 4) is 23.0 Å². The average molecular weight is 623 g/mol. The molecule has 2 aliphatic rings. The van der Waals surface area contributed by atoms with Crippen molar-refractivity contribution in [1.29, 1.82) is 0 Å². The molecule has 2 nitrogen and oxygen atoms in total. The Hall–Kier alpha value is -5.43. The Balaban J connectivity index is 1.46. The predicted molar refractivity (Wildman–Crippen MR) is 194 cm³/mol. The van der Waals surface area contributed by atoms with Crippen LogP contribution in [0.25, 0.3) is 0 Å². The van der Waals surface area contributed by atoms with Gasteiger partial charge in [-0.3, -0.25) is 0 Å². The summed E-state index contributed by atoms with van der Waals surface area (Å²) in [6.45, 7) is 0. The van der Waals surface area contributed by atoms with Crippen LogP contribution in [0.3, 0.4) is 0 Å². The number of ether oxygens (including phenoxy) is 2. The SMILES string of the molecule is c1ccc([Si]2(c3ccccc3)c3ccccc3Oc3cc4c(cc32)[Si](c2ccccc2)(c2ccccc2)c2ccccc2O4)cc1. The van der Waals surface area contributed by atoms with Gasteiger partial charge in [-0.2, -0.15) is 0 Å². The van der Waals surface area contributed by atoms with Crippen molar-refractivity contribution in [1.82, 2.24) is 0 Å². The van der Waals surface area contributed by atoms with Gasteiger partial charge in [0.05, 0.1) is 0 Å². The van der Waals surface area contributed by atoms with Crippen molar-refractivity contribution in [2.75, 3.05) is 0 Å². The number of hydrogen-bond acceptors (Lipinski definition) is 2. The summed E-state index contributed by atoms with van der Waals surface area (Å²) in [5.74, 6) is 3.58. The van der Waals surface area contributed by atoms with E-state index in [1.165, 1.54) is 41.5 Å². The Labute approximate surface area is 271 Å². The van der Waals surface area contributed by atoms with E-state index >= 15 is 0 Å². The van der Waals surface area contributed by atoms with Crippen LogP contribution in [0.4, 0.5) is 0 Å². The minimum absolute atomic E-state index is 0.875. The standard InChI is InChI=1S/C42H30O2Si2/c1-5-17-31(18-6-1)45(32-19-7-2-8-20-32)39-27-15-13-25-35(39)43-37-29-38-42(30-41(37)45)46(33-21-9-3-10-22-33,34-23-11-4-12-24-34)40-28-16-14-26-36(40)44-38/h1-30H. The van der Waals surface area contributed by atoms with Crippen LogP contribution in [0.15, 0.2) is 182 Å². The first-order valence-electron chi connectivity index (χ1n) is 15.8. The molecule has 0 atom stereocenters. The summed E-state index contributed by atoms with van der Waals surface area (Å²) in [5, 5.41) is 10.4. The maximum atomic E-state index is 6.88. The first-order valence-corrected chi connectivity index (χ1v) is 19.8. The highest BCUT2D eigenvalue weighted by molar-refractivity contribution is 7.23. The Kier molecular flexibility index (Phi) is 6.20. The monoisotopic (exact) mass is 622 g/mol. The maximum Gasteiger partial charge on any atom is 0.188 e. The molecule has 0 spiro atoms. The van der Waals surface area contributed by atoms with Crippen LogP contribution in [-0.2, 0) is 0 Å². The van der Waals surface area contributed by atoms with Gasteiger partial charge in [0.1, 0.15) is 23.0 Å². The molecule has 0 saturated heterocycles. The molecule has 0 fully saturated rings. The molecule has 0 aliphatic carbocycles. The van der Waals surface area contributed by atoms with E-state index in [9.17, 15) is 0 Å². The van der Waals surface area contributed by atoms with Crippen molar-refractivity contribution in [3.63, 3.8) is 0 Å². The lowest BCUT2D eigenvalue weighted by molar-refractivity contribution is 0.465. The quantitative estimate of drug-likeness (QED) is 0.266. The van der Waals surface area contributed by atoms with E-state index < -0.39 is 16.1 Å². The van der Waals surface area contributed by atoms with Gasteiger partial charge >= 0.3 is 0 Å². The first kappa shape index (κ1) is 26.9. The number of hydrogen-bond donors (Lipinski definition) is 0. The third-order valence-electron chi connectivity index (χ3n) is 9.74. The molecule has 0 aromatic heterocycles. The van der Waals surface area contributed by atoms with Crippen molar-refractivity contribution in [2.24, 2.45) is 0 Å². The number of benzene rings is 7. The van der Waals surface area contributed by atoms with Crippen LogP contribution >= 0.6 is 0 Å². The average Bonchev–Trinajstić information content (AvgIpc) is 3.13. The van der Waals surface area contributed by atoms with Gasteiger partial charge in [0.25, 0.3) is 0 Å². The topological polar surface area (TPSA) is 18.5 Å². The molecule has 0 radical (unpaired) electrons. The molecule has 2 aliphatic heterocycles. The van der Waals surface area contributed by atoms with Crippen molar-refractivity contribution in [2.45, 2.75) is 0 Å². The molecule has 4 heteroatoms. The molecule has 46 heavy (non-hydrogen) atoms. The Morgan fingerprint density at radius 1 is 0.261 bits per heavy atom. The number of fused-ring (bicyclic) bond motifs is 4. The van der Waals surface area contributed by atoms with Crippen molar-refractivity contribution in [3.05, 3.63) is 182 Å². The van der Waals surface area contributed by atoms with Crippen LogP contribution in [0.5, 0.6) is 23.0 Å². The van der Waals surface area contributed by atoms with Crippen LogP contribution in [-0.4, -0.2) is 16.1 Å². The second-order valence-corrected chi connectivity index (χ2v) is 19.5. The smallest absolute Gasteiger partial charge is 0.188 e. The fourth-order valence-electron chi connectivity index (χ4n) is 7.90. The third-order valence-corrected chi connectivity index (χ3v) is 19.4. The van der Waals surface area contributed by atoms with Gasteiger partial charge in [-0.1, -0.05) is 164 Å².